The number of nitrogens with one attached hydrogen (secondary N) is 2. The number of hydrogen-bond acceptors (Lipinski definition) is 6. The molecule has 0 saturated heterocycles. The minimum atomic E-state index is -0.462. The van der Waals surface area contributed by atoms with E-state index < -0.39 is 11.8 Å². The van der Waals surface area contributed by atoms with Gasteiger partial charge in [-0.25, -0.2) is 4.98 Å². The first kappa shape index (κ1) is 18.8. The number of thiazole rings is 1. The summed E-state index contributed by atoms with van der Waals surface area (Å²) in [7, 11) is 0. The largest absolute Gasteiger partial charge is 0.484 e. The third-order valence-electron chi connectivity index (χ3n) is 3.50. The van der Waals surface area contributed by atoms with E-state index in [-0.39, 0.29) is 19.8 Å². The van der Waals surface area contributed by atoms with Gasteiger partial charge in [0.15, 0.2) is 6.61 Å². The van der Waals surface area contributed by atoms with Gasteiger partial charge in [0, 0.05) is 0 Å². The molecule has 1 heterocycles. The summed E-state index contributed by atoms with van der Waals surface area (Å²) in [5.74, 6) is -0.327. The number of fused-ring (bicyclic) bond motifs is 1. The van der Waals surface area contributed by atoms with E-state index in [9.17, 15) is 9.59 Å². The maximum atomic E-state index is 11.7. The third-order valence-corrected chi connectivity index (χ3v) is 4.51. The lowest BCUT2D eigenvalue weighted by atomic mass is 10.2. The Hall–Kier alpha value is -2.97. The van der Waals surface area contributed by atoms with Crippen LogP contribution < -0.4 is 15.6 Å². The SMILES string of the molecule is Cc1cccc(OCC(=O)NNC(=O)COCc2nc3ccccc3s2)c1. The van der Waals surface area contributed by atoms with Crippen LogP contribution in [0.25, 0.3) is 10.2 Å². The van der Waals surface area contributed by atoms with Gasteiger partial charge in [-0.05, 0) is 36.8 Å². The Morgan fingerprint density at radius 1 is 1.04 bits per heavy atom. The number of nitrogens with zero attached hydrogens (tertiary/aromatic N) is 1. The fourth-order valence-corrected chi connectivity index (χ4v) is 3.18. The molecule has 0 aliphatic carbocycles. The molecule has 0 aliphatic heterocycles. The first-order valence-electron chi connectivity index (χ1n) is 8.29. The van der Waals surface area contributed by atoms with Crippen LogP contribution in [0.5, 0.6) is 5.75 Å². The normalized spacial score (nSPS) is 10.6. The molecule has 27 heavy (non-hydrogen) atoms. The molecule has 8 heteroatoms. The van der Waals surface area contributed by atoms with Gasteiger partial charge in [0.1, 0.15) is 17.4 Å². The first-order valence-corrected chi connectivity index (χ1v) is 9.11. The Morgan fingerprint density at radius 2 is 1.81 bits per heavy atom. The van der Waals surface area contributed by atoms with Gasteiger partial charge in [-0.3, -0.25) is 20.4 Å². The van der Waals surface area contributed by atoms with Crippen molar-refractivity contribution in [3.63, 3.8) is 0 Å². The standard InChI is InChI=1S/C19H19N3O4S/c1-13-5-4-6-14(9-13)26-11-18(24)22-21-17(23)10-25-12-19-20-15-7-2-3-8-16(15)27-19/h2-9H,10-12H2,1H3,(H,21,23)(H,22,24). The molecule has 140 valence electrons. The number of carbonyl (C=O) groups excluding carboxylic acids is 2. The molecule has 0 unspecified atom stereocenters. The van der Waals surface area contributed by atoms with Crippen LogP contribution in [0.2, 0.25) is 0 Å². The van der Waals surface area contributed by atoms with Crippen molar-refractivity contribution in [1.82, 2.24) is 15.8 Å². The fraction of sp³-hybridized carbons (Fsp3) is 0.211. The topological polar surface area (TPSA) is 89.6 Å². The first-order chi connectivity index (χ1) is 13.1. The number of carbonyl (C=O) groups is 2. The van der Waals surface area contributed by atoms with Crippen LogP contribution in [0, 0.1) is 6.92 Å². The molecule has 2 N–H and O–H groups in total. The molecular weight excluding hydrogens is 366 g/mol. The predicted octanol–water partition coefficient (Wildman–Crippen LogP) is 2.35. The highest BCUT2D eigenvalue weighted by Gasteiger charge is 2.08. The molecule has 2 aromatic carbocycles. The van der Waals surface area contributed by atoms with Crippen LogP contribution in [0.3, 0.4) is 0 Å². The number of aromatic nitrogens is 1. The van der Waals surface area contributed by atoms with E-state index in [0.29, 0.717) is 5.75 Å². The minimum Gasteiger partial charge on any atom is -0.484 e. The number of rotatable bonds is 7. The van der Waals surface area contributed by atoms with E-state index >= 15 is 0 Å². The highest BCUT2D eigenvalue weighted by molar-refractivity contribution is 7.18. The molecular formula is C19H19N3O4S. The molecule has 0 aliphatic rings. The lowest BCUT2D eigenvalue weighted by Crippen LogP contribution is -2.45. The van der Waals surface area contributed by atoms with E-state index in [2.05, 4.69) is 15.8 Å². The number of benzene rings is 2. The third kappa shape index (κ3) is 5.77. The average molecular weight is 385 g/mol. The molecule has 0 atom stereocenters. The summed E-state index contributed by atoms with van der Waals surface area (Å²) in [6.07, 6.45) is 0. The minimum absolute atomic E-state index is 0.186. The lowest BCUT2D eigenvalue weighted by molar-refractivity contribution is -0.132. The van der Waals surface area contributed by atoms with Gasteiger partial charge < -0.3 is 9.47 Å². The highest BCUT2D eigenvalue weighted by atomic mass is 32.1. The van der Waals surface area contributed by atoms with Crippen molar-refractivity contribution in [1.29, 1.82) is 0 Å². The Kier molecular flexibility index (Phi) is 6.35. The van der Waals surface area contributed by atoms with Gasteiger partial charge in [0.05, 0.1) is 16.8 Å². The monoisotopic (exact) mass is 385 g/mol. The molecule has 0 saturated carbocycles. The van der Waals surface area contributed by atoms with Gasteiger partial charge in [-0.2, -0.15) is 0 Å². The van der Waals surface area contributed by atoms with Crippen molar-refractivity contribution >= 4 is 33.4 Å². The Morgan fingerprint density at radius 3 is 2.59 bits per heavy atom. The number of hydrazine groups is 1. The molecule has 2 amide bonds. The van der Waals surface area contributed by atoms with Crippen molar-refractivity contribution in [3.05, 3.63) is 59.1 Å². The summed E-state index contributed by atoms with van der Waals surface area (Å²) in [6, 6.07) is 15.1. The van der Waals surface area contributed by atoms with E-state index in [4.69, 9.17) is 9.47 Å². The van der Waals surface area contributed by atoms with Crippen LogP contribution in [0.15, 0.2) is 48.5 Å². The smallest absolute Gasteiger partial charge is 0.276 e. The second-order valence-electron chi connectivity index (χ2n) is 5.77. The number of para-hydroxylation sites is 1. The zero-order valence-electron chi connectivity index (χ0n) is 14.7. The second-order valence-corrected chi connectivity index (χ2v) is 6.88. The molecule has 0 spiro atoms. The van der Waals surface area contributed by atoms with Crippen LogP contribution in [0.1, 0.15) is 10.6 Å². The Labute approximate surface area is 160 Å². The van der Waals surface area contributed by atoms with Gasteiger partial charge in [-0.1, -0.05) is 24.3 Å². The number of ether oxygens (including phenoxy) is 2. The Bertz CT molecular complexity index is 908. The lowest BCUT2D eigenvalue weighted by Gasteiger charge is -2.09. The predicted molar refractivity (Wildman–Crippen MR) is 102 cm³/mol. The molecule has 3 aromatic rings. The summed E-state index contributed by atoms with van der Waals surface area (Å²) in [5.41, 5.74) is 6.51. The van der Waals surface area contributed by atoms with Crippen LogP contribution >= 0.6 is 11.3 Å². The van der Waals surface area contributed by atoms with Crippen molar-refractivity contribution < 1.29 is 19.1 Å². The van der Waals surface area contributed by atoms with E-state index in [1.807, 2.05) is 49.4 Å². The molecule has 0 fully saturated rings. The summed E-state index contributed by atoms with van der Waals surface area (Å²) in [4.78, 5) is 27.8. The van der Waals surface area contributed by atoms with Gasteiger partial charge in [0.2, 0.25) is 0 Å². The maximum absolute atomic E-state index is 11.7. The number of aryl methyl sites for hydroxylation is 1. The summed E-state index contributed by atoms with van der Waals surface area (Å²) >= 11 is 1.52. The van der Waals surface area contributed by atoms with Crippen LogP contribution in [-0.4, -0.2) is 30.0 Å². The number of amides is 2. The van der Waals surface area contributed by atoms with Crippen molar-refractivity contribution in [2.75, 3.05) is 13.2 Å². The zero-order valence-corrected chi connectivity index (χ0v) is 15.5. The zero-order chi connectivity index (χ0) is 19.1. The molecule has 1 aromatic heterocycles. The van der Waals surface area contributed by atoms with Crippen LogP contribution in [-0.2, 0) is 20.9 Å². The van der Waals surface area contributed by atoms with E-state index in [0.717, 1.165) is 20.8 Å². The van der Waals surface area contributed by atoms with E-state index in [1.165, 1.54) is 11.3 Å². The van der Waals surface area contributed by atoms with Gasteiger partial charge in [-0.15, -0.1) is 11.3 Å². The quantitative estimate of drug-likeness (QED) is 0.610. The molecule has 0 radical (unpaired) electrons. The second kappa shape index (κ2) is 9.11. The maximum Gasteiger partial charge on any atom is 0.276 e. The van der Waals surface area contributed by atoms with Crippen molar-refractivity contribution in [2.24, 2.45) is 0 Å². The van der Waals surface area contributed by atoms with Crippen molar-refractivity contribution in [3.8, 4) is 5.75 Å². The average Bonchev–Trinajstić information content (AvgIpc) is 3.07. The van der Waals surface area contributed by atoms with Crippen molar-refractivity contribution in [2.45, 2.75) is 13.5 Å². The van der Waals surface area contributed by atoms with Crippen LogP contribution in [0.4, 0.5) is 0 Å². The fourth-order valence-electron chi connectivity index (χ4n) is 2.28. The summed E-state index contributed by atoms with van der Waals surface area (Å²) in [5, 5.41) is 0.791. The molecule has 0 bridgehead atoms. The highest BCUT2D eigenvalue weighted by Crippen LogP contribution is 2.21. The molecule has 7 nitrogen and oxygen atoms in total. The van der Waals surface area contributed by atoms with Gasteiger partial charge >= 0.3 is 0 Å². The van der Waals surface area contributed by atoms with E-state index in [1.54, 1.807) is 6.07 Å². The summed E-state index contributed by atoms with van der Waals surface area (Å²) in [6.45, 7) is 1.78. The van der Waals surface area contributed by atoms with Gasteiger partial charge in [0.25, 0.3) is 11.8 Å². The summed E-state index contributed by atoms with van der Waals surface area (Å²) < 4.78 is 11.8. The number of hydrogen-bond donors (Lipinski definition) is 2. The molecule has 3 rings (SSSR count). The Balaban J connectivity index is 1.33.